The highest BCUT2D eigenvalue weighted by Crippen LogP contribution is 2.24. The summed E-state index contributed by atoms with van der Waals surface area (Å²) in [6.45, 7) is 2.64. The molecule has 1 atom stereocenters. The molecule has 0 aliphatic carbocycles. The average Bonchev–Trinajstić information content (AvgIpc) is 2.86. The summed E-state index contributed by atoms with van der Waals surface area (Å²) >= 11 is 0. The first kappa shape index (κ1) is 15.0. The lowest BCUT2D eigenvalue weighted by Gasteiger charge is -2.30. The van der Waals surface area contributed by atoms with Gasteiger partial charge < -0.3 is 4.74 Å². The number of sulfonamides is 1. The molecule has 7 nitrogen and oxygen atoms in total. The zero-order chi connectivity index (χ0) is 14.8. The van der Waals surface area contributed by atoms with E-state index in [4.69, 9.17) is 4.74 Å². The Hall–Kier alpha value is -1.41. The maximum Gasteiger partial charge on any atom is 0.310 e. The molecule has 2 heterocycles. The molecule has 0 saturated carbocycles. The Morgan fingerprint density at radius 1 is 1.55 bits per heavy atom. The molecule has 1 aromatic heterocycles. The first-order valence-electron chi connectivity index (χ1n) is 6.61. The van der Waals surface area contributed by atoms with E-state index in [0.29, 0.717) is 26.0 Å². The summed E-state index contributed by atoms with van der Waals surface area (Å²) in [5.41, 5.74) is 0. The third-order valence-corrected chi connectivity index (χ3v) is 5.32. The molecule has 1 saturated heterocycles. The fraction of sp³-hybridized carbons (Fsp3) is 0.667. The van der Waals surface area contributed by atoms with E-state index in [-0.39, 0.29) is 23.5 Å². The van der Waals surface area contributed by atoms with Crippen LogP contribution in [0.3, 0.4) is 0 Å². The Kier molecular flexibility index (Phi) is 4.44. The lowest BCUT2D eigenvalue weighted by atomic mass is 10.0. The molecule has 0 radical (unpaired) electrons. The molecular weight excluding hydrogens is 282 g/mol. The molecule has 112 valence electrons. The molecule has 0 N–H and O–H groups in total. The van der Waals surface area contributed by atoms with Crippen LogP contribution in [0.25, 0.3) is 0 Å². The third kappa shape index (κ3) is 2.85. The van der Waals surface area contributed by atoms with Crippen LogP contribution in [0.4, 0.5) is 0 Å². The van der Waals surface area contributed by atoms with Gasteiger partial charge in [0.25, 0.3) is 10.0 Å². The second-order valence-corrected chi connectivity index (χ2v) is 6.63. The Morgan fingerprint density at radius 3 is 2.90 bits per heavy atom. The molecule has 1 aliphatic rings. The normalized spacial score (nSPS) is 20.8. The van der Waals surface area contributed by atoms with Gasteiger partial charge in [-0.05, 0) is 25.8 Å². The number of carbonyl (C=O) groups is 1. The number of esters is 1. The van der Waals surface area contributed by atoms with Crippen LogP contribution in [-0.4, -0.2) is 48.2 Å². The van der Waals surface area contributed by atoms with Crippen molar-refractivity contribution in [3.05, 3.63) is 12.3 Å². The van der Waals surface area contributed by atoms with Gasteiger partial charge in [-0.25, -0.2) is 8.42 Å². The average molecular weight is 301 g/mol. The van der Waals surface area contributed by atoms with Crippen LogP contribution >= 0.6 is 0 Å². The van der Waals surface area contributed by atoms with E-state index in [0.717, 1.165) is 0 Å². The summed E-state index contributed by atoms with van der Waals surface area (Å²) in [7, 11) is -2.02. The summed E-state index contributed by atoms with van der Waals surface area (Å²) < 4.78 is 32.7. The Balaban J connectivity index is 2.17. The maximum atomic E-state index is 12.5. The summed E-state index contributed by atoms with van der Waals surface area (Å²) in [6, 6.07) is 1.46. The van der Waals surface area contributed by atoms with Crippen LogP contribution in [-0.2, 0) is 26.6 Å². The zero-order valence-corrected chi connectivity index (χ0v) is 12.5. The minimum atomic E-state index is -3.60. The monoisotopic (exact) mass is 301 g/mol. The van der Waals surface area contributed by atoms with Crippen molar-refractivity contribution in [2.45, 2.75) is 24.8 Å². The highest BCUT2D eigenvalue weighted by molar-refractivity contribution is 7.89. The van der Waals surface area contributed by atoms with Crippen LogP contribution in [0.15, 0.2) is 17.3 Å². The number of aryl methyl sites for hydroxylation is 1. The van der Waals surface area contributed by atoms with Crippen LogP contribution in [0.1, 0.15) is 19.8 Å². The second-order valence-electron chi connectivity index (χ2n) is 4.75. The first-order valence-corrected chi connectivity index (χ1v) is 8.05. The molecule has 0 aromatic carbocycles. The van der Waals surface area contributed by atoms with Crippen molar-refractivity contribution in [1.82, 2.24) is 14.1 Å². The van der Waals surface area contributed by atoms with Gasteiger partial charge in [-0.15, -0.1) is 0 Å². The van der Waals surface area contributed by atoms with E-state index in [1.807, 2.05) is 0 Å². The van der Waals surface area contributed by atoms with Gasteiger partial charge in [0.05, 0.1) is 18.7 Å². The highest BCUT2D eigenvalue weighted by Gasteiger charge is 2.35. The predicted octanol–water partition coefficient (Wildman–Crippen LogP) is 0.384. The number of carbonyl (C=O) groups excluding carboxylic acids is 1. The minimum absolute atomic E-state index is 0.141. The maximum absolute atomic E-state index is 12.5. The van der Waals surface area contributed by atoms with E-state index < -0.39 is 10.0 Å². The number of aromatic nitrogens is 2. The largest absolute Gasteiger partial charge is 0.466 e. The fourth-order valence-corrected chi connectivity index (χ4v) is 3.98. The van der Waals surface area contributed by atoms with E-state index in [1.54, 1.807) is 14.0 Å². The van der Waals surface area contributed by atoms with E-state index in [1.165, 1.54) is 21.3 Å². The molecule has 20 heavy (non-hydrogen) atoms. The minimum Gasteiger partial charge on any atom is -0.466 e. The molecule has 0 spiro atoms. The van der Waals surface area contributed by atoms with Gasteiger partial charge >= 0.3 is 5.97 Å². The number of hydrogen-bond donors (Lipinski definition) is 0. The zero-order valence-electron chi connectivity index (χ0n) is 11.7. The number of nitrogens with zero attached hydrogens (tertiary/aromatic N) is 3. The number of ether oxygens (including phenoxy) is 1. The molecular formula is C12H19N3O4S. The van der Waals surface area contributed by atoms with E-state index in [2.05, 4.69) is 5.10 Å². The van der Waals surface area contributed by atoms with Gasteiger partial charge in [0.2, 0.25) is 0 Å². The molecule has 1 aliphatic heterocycles. The summed E-state index contributed by atoms with van der Waals surface area (Å²) in [5.74, 6) is -0.705. The lowest BCUT2D eigenvalue weighted by molar-refractivity contribution is -0.149. The van der Waals surface area contributed by atoms with Crippen LogP contribution in [0, 0.1) is 5.92 Å². The summed E-state index contributed by atoms with van der Waals surface area (Å²) in [6.07, 6.45) is 2.76. The third-order valence-electron chi connectivity index (χ3n) is 3.38. The van der Waals surface area contributed by atoms with Crippen LogP contribution < -0.4 is 0 Å². The van der Waals surface area contributed by atoms with Crippen molar-refractivity contribution in [1.29, 1.82) is 0 Å². The van der Waals surface area contributed by atoms with Crippen molar-refractivity contribution >= 4 is 16.0 Å². The fourth-order valence-electron chi connectivity index (χ4n) is 2.36. The van der Waals surface area contributed by atoms with Crippen molar-refractivity contribution in [2.75, 3.05) is 19.7 Å². The molecule has 0 amide bonds. The SMILES string of the molecule is CCOC(=O)[C@@H]1CCCN(S(=O)(=O)c2ccnn2C)C1. The van der Waals surface area contributed by atoms with Gasteiger partial charge in [-0.3, -0.25) is 9.48 Å². The van der Waals surface area contributed by atoms with E-state index >= 15 is 0 Å². The highest BCUT2D eigenvalue weighted by atomic mass is 32.2. The Labute approximate surface area is 118 Å². The van der Waals surface area contributed by atoms with Crippen molar-refractivity contribution < 1.29 is 17.9 Å². The van der Waals surface area contributed by atoms with Gasteiger partial charge in [0.1, 0.15) is 0 Å². The standard InChI is InChI=1S/C12H19N3O4S/c1-3-19-12(16)10-5-4-8-15(9-10)20(17,18)11-6-7-13-14(11)2/h6-7,10H,3-5,8-9H2,1-2H3/t10-/m1/s1. The second kappa shape index (κ2) is 5.92. The predicted molar refractivity (Wildman–Crippen MR) is 71.3 cm³/mol. The first-order chi connectivity index (χ1) is 9.46. The number of piperidine rings is 1. The summed E-state index contributed by atoms with van der Waals surface area (Å²) in [5, 5.41) is 4.02. The van der Waals surface area contributed by atoms with E-state index in [9.17, 15) is 13.2 Å². The van der Waals surface area contributed by atoms with Crippen molar-refractivity contribution in [2.24, 2.45) is 13.0 Å². The van der Waals surface area contributed by atoms with Gasteiger partial charge in [-0.1, -0.05) is 0 Å². The van der Waals surface area contributed by atoms with Gasteiger partial charge in [0, 0.05) is 20.1 Å². The number of rotatable bonds is 4. The Morgan fingerprint density at radius 2 is 2.30 bits per heavy atom. The summed E-state index contributed by atoms with van der Waals surface area (Å²) in [4.78, 5) is 11.8. The van der Waals surface area contributed by atoms with Gasteiger partial charge in [-0.2, -0.15) is 9.40 Å². The van der Waals surface area contributed by atoms with Crippen molar-refractivity contribution in [3.63, 3.8) is 0 Å². The van der Waals surface area contributed by atoms with Crippen molar-refractivity contribution in [3.8, 4) is 0 Å². The lowest BCUT2D eigenvalue weighted by Crippen LogP contribution is -2.43. The smallest absolute Gasteiger partial charge is 0.310 e. The molecule has 1 fully saturated rings. The molecule has 0 bridgehead atoms. The molecule has 2 rings (SSSR count). The molecule has 1 aromatic rings. The Bertz CT molecular complexity index is 581. The molecule has 0 unspecified atom stereocenters. The van der Waals surface area contributed by atoms with Gasteiger partial charge in [0.15, 0.2) is 5.03 Å². The quantitative estimate of drug-likeness (QED) is 0.751. The molecule has 8 heteroatoms. The number of hydrogen-bond acceptors (Lipinski definition) is 5. The topological polar surface area (TPSA) is 81.5 Å². The van der Waals surface area contributed by atoms with Crippen LogP contribution in [0.5, 0.6) is 0 Å². The van der Waals surface area contributed by atoms with Crippen LogP contribution in [0.2, 0.25) is 0 Å².